The Morgan fingerprint density at radius 2 is 1.78 bits per heavy atom. The summed E-state index contributed by atoms with van der Waals surface area (Å²) < 4.78 is 25.2. The van der Waals surface area contributed by atoms with Crippen molar-refractivity contribution in [2.24, 2.45) is 29.4 Å². The second-order valence-corrected chi connectivity index (χ2v) is 13.5. The Kier molecular flexibility index (Phi) is 7.93. The molecule has 13 nitrogen and oxygen atoms in total. The minimum Gasteiger partial charge on any atom is -0.507 e. The molecule has 41 heavy (non-hydrogen) atoms. The van der Waals surface area contributed by atoms with E-state index in [0.29, 0.717) is 23.2 Å². The summed E-state index contributed by atoms with van der Waals surface area (Å²) >= 11 is 0. The molecule has 1 aromatic carbocycles. The van der Waals surface area contributed by atoms with E-state index in [0.717, 1.165) is 6.26 Å². The van der Waals surface area contributed by atoms with Crippen molar-refractivity contribution in [2.45, 2.75) is 37.3 Å². The van der Waals surface area contributed by atoms with Crippen molar-refractivity contribution >= 4 is 44.8 Å². The van der Waals surface area contributed by atoms with E-state index in [1.807, 2.05) is 0 Å². The third-order valence-electron chi connectivity index (χ3n) is 8.59. The van der Waals surface area contributed by atoms with Crippen LogP contribution < -0.4 is 15.4 Å². The van der Waals surface area contributed by atoms with Gasteiger partial charge in [-0.15, -0.1) is 0 Å². The number of aromatic hydroxyl groups is 1. The number of aliphatic hydroxyl groups is 1. The number of nitrogens with one attached hydrogen (secondary N) is 1. The number of amides is 1. The molecule has 2 saturated carbocycles. The Morgan fingerprint density at radius 3 is 2.32 bits per heavy atom. The fraction of sp³-hybridized carbons (Fsp3) is 0.593. The van der Waals surface area contributed by atoms with Gasteiger partial charge < -0.3 is 20.8 Å². The van der Waals surface area contributed by atoms with Crippen LogP contribution in [-0.4, -0.2) is 105 Å². The molecule has 3 aliphatic rings. The molecule has 5 N–H and O–H groups in total. The summed E-state index contributed by atoms with van der Waals surface area (Å²) in [5, 5.41) is 22.9. The number of aryl methyl sites for hydroxylation is 1. The van der Waals surface area contributed by atoms with Crippen LogP contribution >= 0.6 is 0 Å². The number of phenols is 1. The molecule has 2 fully saturated rings. The molecule has 224 valence electrons. The summed E-state index contributed by atoms with van der Waals surface area (Å²) in [5.74, 6) is -11.0. The minimum atomic E-state index is -3.41. The van der Waals surface area contributed by atoms with Crippen molar-refractivity contribution in [1.29, 1.82) is 0 Å². The zero-order valence-electron chi connectivity index (χ0n) is 23.6. The molecule has 0 bridgehead atoms. The van der Waals surface area contributed by atoms with E-state index in [-0.39, 0.29) is 37.1 Å². The summed E-state index contributed by atoms with van der Waals surface area (Å²) in [7, 11) is 3.17. The molecule has 3 aliphatic carbocycles. The van der Waals surface area contributed by atoms with Gasteiger partial charge in [-0.1, -0.05) is 0 Å². The van der Waals surface area contributed by atoms with E-state index in [9.17, 15) is 42.6 Å². The SMILES string of the molecule is CN(C)c1cc(CCCNS(C)(=O)=O)c(O)c2c1C[C@H]1C[C@H]3[C@H](N(C)C)C(=O)C(C(N)=O)C(=O)[C@@]3(O)C(=O)C1C2=O. The predicted molar refractivity (Wildman–Crippen MR) is 147 cm³/mol. The first-order valence-corrected chi connectivity index (χ1v) is 15.2. The maximum atomic E-state index is 14.0. The normalized spacial score (nSPS) is 29.7. The molecule has 0 radical (unpaired) electrons. The van der Waals surface area contributed by atoms with E-state index >= 15 is 0 Å². The van der Waals surface area contributed by atoms with Gasteiger partial charge in [0.25, 0.3) is 0 Å². The molecular formula is C27H36N4O9S. The molecule has 6 atom stereocenters. The smallest absolute Gasteiger partial charge is 0.235 e. The zero-order chi connectivity index (χ0) is 30.8. The van der Waals surface area contributed by atoms with Gasteiger partial charge >= 0.3 is 0 Å². The number of carbonyl (C=O) groups excluding carboxylic acids is 5. The van der Waals surface area contributed by atoms with Gasteiger partial charge in [0, 0.05) is 32.2 Å². The lowest BCUT2D eigenvalue weighted by atomic mass is 9.52. The number of phenolic OH excluding ortho intramolecular Hbond substituents is 1. The van der Waals surface area contributed by atoms with Crippen LogP contribution in [0, 0.1) is 23.7 Å². The van der Waals surface area contributed by atoms with Crippen molar-refractivity contribution in [1.82, 2.24) is 9.62 Å². The Bertz CT molecular complexity index is 1450. The molecule has 0 saturated heterocycles. The van der Waals surface area contributed by atoms with Crippen molar-refractivity contribution in [3.8, 4) is 5.75 Å². The second-order valence-electron chi connectivity index (χ2n) is 11.7. The van der Waals surface area contributed by atoms with Gasteiger partial charge in [-0.25, -0.2) is 13.1 Å². The molecular weight excluding hydrogens is 556 g/mol. The molecule has 0 aromatic heterocycles. The Morgan fingerprint density at radius 1 is 1.15 bits per heavy atom. The van der Waals surface area contributed by atoms with Crippen LogP contribution in [0.5, 0.6) is 5.75 Å². The summed E-state index contributed by atoms with van der Waals surface area (Å²) in [4.78, 5) is 69.9. The molecule has 4 rings (SSSR count). The number of nitrogens with two attached hydrogens (primary N) is 1. The molecule has 0 spiro atoms. The maximum Gasteiger partial charge on any atom is 0.235 e. The number of anilines is 1. The quantitative estimate of drug-likeness (QED) is 0.200. The first kappa shape index (κ1) is 30.8. The fourth-order valence-electron chi connectivity index (χ4n) is 6.83. The van der Waals surface area contributed by atoms with Gasteiger partial charge in [-0.05, 0) is 62.9 Å². The van der Waals surface area contributed by atoms with Crippen molar-refractivity contribution < 1.29 is 42.6 Å². The van der Waals surface area contributed by atoms with Crippen LogP contribution in [0.2, 0.25) is 0 Å². The van der Waals surface area contributed by atoms with E-state index in [1.165, 1.54) is 19.0 Å². The molecule has 1 aromatic rings. The lowest BCUT2D eigenvalue weighted by Gasteiger charge is -2.52. The van der Waals surface area contributed by atoms with Crippen LogP contribution in [0.3, 0.4) is 0 Å². The van der Waals surface area contributed by atoms with Gasteiger partial charge in [0.1, 0.15) is 5.75 Å². The molecule has 2 unspecified atom stereocenters. The monoisotopic (exact) mass is 592 g/mol. The van der Waals surface area contributed by atoms with E-state index in [2.05, 4.69) is 4.72 Å². The third kappa shape index (κ3) is 4.96. The number of benzene rings is 1. The summed E-state index contributed by atoms with van der Waals surface area (Å²) in [6, 6.07) is 0.554. The van der Waals surface area contributed by atoms with Crippen LogP contribution in [-0.2, 0) is 42.0 Å². The fourth-order valence-corrected chi connectivity index (χ4v) is 7.35. The first-order valence-electron chi connectivity index (χ1n) is 13.3. The number of fused-ring (bicyclic) bond motifs is 3. The molecule has 14 heteroatoms. The summed E-state index contributed by atoms with van der Waals surface area (Å²) in [6.07, 6.45) is 1.69. The minimum absolute atomic E-state index is 0.0313. The average molecular weight is 593 g/mol. The number of primary amides is 1. The highest BCUT2D eigenvalue weighted by molar-refractivity contribution is 7.88. The number of rotatable bonds is 8. The topological polar surface area (TPSA) is 204 Å². The highest BCUT2D eigenvalue weighted by Crippen LogP contribution is 2.52. The number of likely N-dealkylation sites (N-methyl/N-ethyl adjacent to an activating group) is 1. The van der Waals surface area contributed by atoms with Crippen molar-refractivity contribution in [3.63, 3.8) is 0 Å². The molecule has 0 heterocycles. The predicted octanol–water partition coefficient (Wildman–Crippen LogP) is -1.59. The second kappa shape index (κ2) is 10.6. The van der Waals surface area contributed by atoms with E-state index in [1.54, 1.807) is 25.1 Å². The van der Waals surface area contributed by atoms with Gasteiger partial charge in [0.2, 0.25) is 15.9 Å². The van der Waals surface area contributed by atoms with Gasteiger partial charge in [0.15, 0.2) is 34.7 Å². The average Bonchev–Trinajstić information content (AvgIpc) is 2.83. The first-order chi connectivity index (χ1) is 18.9. The van der Waals surface area contributed by atoms with Crippen molar-refractivity contribution in [2.75, 3.05) is 45.9 Å². The standard InChI is InChI=1S/C27H36N4O9S/c1-30(2)16-11-12(7-6-8-29-41(5,39)40)21(32)18-14(16)9-13-10-15-20(31(3)4)23(34)19(26(28)37)25(36)27(15,38)24(35)17(13)22(18)33/h11,13,15,17,19-20,29,32,38H,6-10H2,1-5H3,(H2,28,37)/t13-,15-,17?,19?,20-,27-/m0/s1. The number of hydrogen-bond donors (Lipinski definition) is 4. The number of carbonyl (C=O) groups is 5. The van der Waals surface area contributed by atoms with Crippen LogP contribution in [0.15, 0.2) is 6.07 Å². The van der Waals surface area contributed by atoms with Gasteiger partial charge in [0.05, 0.1) is 23.8 Å². The van der Waals surface area contributed by atoms with Gasteiger partial charge in [-0.3, -0.25) is 28.9 Å². The zero-order valence-corrected chi connectivity index (χ0v) is 24.4. The number of Topliss-reactive ketones (excluding diaryl/α,β-unsaturated/α-hetero) is 4. The summed E-state index contributed by atoms with van der Waals surface area (Å²) in [6.45, 7) is 0.104. The lowest BCUT2D eigenvalue weighted by Crippen LogP contribution is -2.74. The molecule has 0 aliphatic heterocycles. The Hall–Kier alpha value is -3.20. The van der Waals surface area contributed by atoms with Crippen molar-refractivity contribution in [3.05, 3.63) is 22.8 Å². The number of hydrogen-bond acceptors (Lipinski definition) is 11. The summed E-state index contributed by atoms with van der Waals surface area (Å²) in [5.41, 5.74) is 3.97. The largest absolute Gasteiger partial charge is 0.507 e. The lowest BCUT2D eigenvalue weighted by molar-refractivity contribution is -0.181. The maximum absolute atomic E-state index is 14.0. The van der Waals surface area contributed by atoms with E-state index < -0.39 is 74.4 Å². The van der Waals surface area contributed by atoms with Crippen LogP contribution in [0.4, 0.5) is 5.69 Å². The highest BCUT2D eigenvalue weighted by Gasteiger charge is 2.69. The number of sulfonamides is 1. The number of ketones is 4. The Labute approximate surface area is 238 Å². The Balaban J connectivity index is 1.80. The number of nitrogens with zero attached hydrogens (tertiary/aromatic N) is 2. The van der Waals surface area contributed by atoms with Gasteiger partial charge in [-0.2, -0.15) is 0 Å². The van der Waals surface area contributed by atoms with Crippen LogP contribution in [0.25, 0.3) is 0 Å². The van der Waals surface area contributed by atoms with E-state index in [4.69, 9.17) is 5.73 Å². The highest BCUT2D eigenvalue weighted by atomic mass is 32.2. The van der Waals surface area contributed by atoms with Crippen LogP contribution in [0.1, 0.15) is 34.3 Å². The third-order valence-corrected chi connectivity index (χ3v) is 9.31. The molecule has 1 amide bonds.